The first-order valence-corrected chi connectivity index (χ1v) is 7.66. The highest BCUT2D eigenvalue weighted by Gasteiger charge is 2.36. The highest BCUT2D eigenvalue weighted by atomic mass is 35.5. The number of amides is 1. The Morgan fingerprint density at radius 2 is 1.92 bits per heavy atom. The number of benzene rings is 1. The standard InChI is InChI=1S/C17H21NO5.ClH/c1-12(2)23-16(20)14-8-9-18(10-15(14)19)17(21)22-11-13-6-4-3-5-7-13;/h3-7,12,14H,8-11H2,1-2H3;1H. The highest BCUT2D eigenvalue weighted by molar-refractivity contribution is 6.01. The van der Waals surface area contributed by atoms with Crippen LogP contribution in [0.25, 0.3) is 0 Å². The number of carbonyl (C=O) groups excluding carboxylic acids is 3. The van der Waals surface area contributed by atoms with Crippen LogP contribution in [-0.4, -0.2) is 41.9 Å². The lowest BCUT2D eigenvalue weighted by Crippen LogP contribution is -2.47. The summed E-state index contributed by atoms with van der Waals surface area (Å²) in [5.74, 6) is -1.60. The molecule has 0 aliphatic carbocycles. The van der Waals surface area contributed by atoms with Crippen molar-refractivity contribution in [3.63, 3.8) is 0 Å². The summed E-state index contributed by atoms with van der Waals surface area (Å²) in [6, 6.07) is 9.31. The third kappa shape index (κ3) is 5.53. The Kier molecular flexibility index (Phi) is 7.71. The number of piperidine rings is 1. The monoisotopic (exact) mass is 355 g/mol. The number of hydrogen-bond acceptors (Lipinski definition) is 5. The first-order valence-electron chi connectivity index (χ1n) is 7.66. The van der Waals surface area contributed by atoms with E-state index in [-0.39, 0.29) is 43.9 Å². The van der Waals surface area contributed by atoms with Crippen LogP contribution in [0.2, 0.25) is 0 Å². The summed E-state index contributed by atoms with van der Waals surface area (Å²) in [5, 5.41) is 0. The Balaban J connectivity index is 0.00000288. The molecular formula is C17H22ClNO5. The fourth-order valence-electron chi connectivity index (χ4n) is 2.35. The Labute approximate surface area is 147 Å². The number of halogens is 1. The number of ether oxygens (including phenoxy) is 2. The zero-order chi connectivity index (χ0) is 16.8. The molecule has 132 valence electrons. The smallest absolute Gasteiger partial charge is 0.410 e. The van der Waals surface area contributed by atoms with Crippen LogP contribution in [0.15, 0.2) is 30.3 Å². The molecule has 24 heavy (non-hydrogen) atoms. The molecule has 2 rings (SSSR count). The normalized spacial score (nSPS) is 17.2. The van der Waals surface area contributed by atoms with Crippen LogP contribution >= 0.6 is 12.4 Å². The molecule has 1 aliphatic rings. The summed E-state index contributed by atoms with van der Waals surface area (Å²) >= 11 is 0. The van der Waals surface area contributed by atoms with Gasteiger partial charge in [-0.2, -0.15) is 0 Å². The summed E-state index contributed by atoms with van der Waals surface area (Å²) in [6.45, 7) is 3.81. The van der Waals surface area contributed by atoms with E-state index < -0.39 is 18.0 Å². The molecule has 1 saturated heterocycles. The van der Waals surface area contributed by atoms with E-state index in [1.54, 1.807) is 13.8 Å². The number of Topliss-reactive ketones (excluding diaryl/α,β-unsaturated/α-hetero) is 1. The molecule has 0 bridgehead atoms. The van der Waals surface area contributed by atoms with E-state index in [0.29, 0.717) is 6.54 Å². The van der Waals surface area contributed by atoms with E-state index in [1.807, 2.05) is 30.3 Å². The topological polar surface area (TPSA) is 72.9 Å². The molecule has 1 amide bonds. The van der Waals surface area contributed by atoms with Crippen LogP contribution in [0.1, 0.15) is 25.8 Å². The molecule has 1 aromatic carbocycles. The van der Waals surface area contributed by atoms with Gasteiger partial charge in [0, 0.05) is 6.54 Å². The molecule has 0 aromatic heterocycles. The van der Waals surface area contributed by atoms with Gasteiger partial charge in [-0.25, -0.2) is 4.79 Å². The summed E-state index contributed by atoms with van der Waals surface area (Å²) in [6.07, 6.45) is -0.535. The zero-order valence-corrected chi connectivity index (χ0v) is 14.6. The minimum absolute atomic E-state index is 0. The van der Waals surface area contributed by atoms with Crippen molar-refractivity contribution in [2.45, 2.75) is 33.0 Å². The minimum Gasteiger partial charge on any atom is -0.462 e. The van der Waals surface area contributed by atoms with Crippen LogP contribution in [-0.2, 0) is 25.7 Å². The molecule has 6 nitrogen and oxygen atoms in total. The van der Waals surface area contributed by atoms with Crippen molar-refractivity contribution < 1.29 is 23.9 Å². The van der Waals surface area contributed by atoms with Crippen molar-refractivity contribution in [3.05, 3.63) is 35.9 Å². The summed E-state index contributed by atoms with van der Waals surface area (Å²) in [5.41, 5.74) is 0.877. The maximum Gasteiger partial charge on any atom is 0.410 e. The lowest BCUT2D eigenvalue weighted by molar-refractivity contribution is -0.157. The number of nitrogens with zero attached hydrogens (tertiary/aromatic N) is 1. The molecule has 7 heteroatoms. The maximum absolute atomic E-state index is 12.1. The fourth-order valence-corrected chi connectivity index (χ4v) is 2.35. The van der Waals surface area contributed by atoms with E-state index in [4.69, 9.17) is 9.47 Å². The van der Waals surface area contributed by atoms with Crippen LogP contribution in [0.3, 0.4) is 0 Å². The summed E-state index contributed by atoms with van der Waals surface area (Å²) < 4.78 is 10.3. The van der Waals surface area contributed by atoms with Gasteiger partial charge in [-0.1, -0.05) is 30.3 Å². The van der Waals surface area contributed by atoms with E-state index in [9.17, 15) is 14.4 Å². The molecule has 1 unspecified atom stereocenters. The Bertz CT molecular complexity index is 576. The molecule has 0 spiro atoms. The van der Waals surface area contributed by atoms with E-state index >= 15 is 0 Å². The lowest BCUT2D eigenvalue weighted by atomic mass is 9.96. The largest absolute Gasteiger partial charge is 0.462 e. The van der Waals surface area contributed by atoms with Gasteiger partial charge in [-0.3, -0.25) is 9.59 Å². The van der Waals surface area contributed by atoms with Gasteiger partial charge in [-0.15, -0.1) is 12.4 Å². The van der Waals surface area contributed by atoms with Crippen molar-refractivity contribution in [2.24, 2.45) is 5.92 Å². The Hall–Kier alpha value is -2.08. The van der Waals surface area contributed by atoms with Crippen molar-refractivity contribution in [1.82, 2.24) is 4.90 Å². The zero-order valence-electron chi connectivity index (χ0n) is 13.8. The van der Waals surface area contributed by atoms with Gasteiger partial charge < -0.3 is 14.4 Å². The van der Waals surface area contributed by atoms with Crippen LogP contribution in [0, 0.1) is 5.92 Å². The highest BCUT2D eigenvalue weighted by Crippen LogP contribution is 2.17. The molecule has 0 N–H and O–H groups in total. The van der Waals surface area contributed by atoms with Crippen LogP contribution in [0.4, 0.5) is 4.79 Å². The molecular weight excluding hydrogens is 334 g/mol. The van der Waals surface area contributed by atoms with E-state index in [0.717, 1.165) is 5.56 Å². The molecule has 1 aliphatic heterocycles. The average molecular weight is 356 g/mol. The van der Waals surface area contributed by atoms with Gasteiger partial charge in [0.05, 0.1) is 12.6 Å². The second-order valence-electron chi connectivity index (χ2n) is 5.75. The predicted octanol–water partition coefficient (Wildman–Crippen LogP) is 2.59. The van der Waals surface area contributed by atoms with Crippen LogP contribution < -0.4 is 0 Å². The number of carbonyl (C=O) groups is 3. The van der Waals surface area contributed by atoms with Gasteiger partial charge in [0.2, 0.25) is 0 Å². The van der Waals surface area contributed by atoms with Crippen LogP contribution in [0.5, 0.6) is 0 Å². The first-order chi connectivity index (χ1) is 11.0. The SMILES string of the molecule is CC(C)OC(=O)C1CCN(C(=O)OCc2ccccc2)CC1=O.Cl. The van der Waals surface area contributed by atoms with Crippen molar-refractivity contribution in [1.29, 1.82) is 0 Å². The predicted molar refractivity (Wildman–Crippen MR) is 89.8 cm³/mol. The molecule has 1 aromatic rings. The van der Waals surface area contributed by atoms with Gasteiger partial charge >= 0.3 is 12.1 Å². The summed E-state index contributed by atoms with van der Waals surface area (Å²) in [4.78, 5) is 37.2. The number of ketones is 1. The molecule has 1 atom stereocenters. The maximum atomic E-state index is 12.1. The second-order valence-corrected chi connectivity index (χ2v) is 5.75. The number of likely N-dealkylation sites (tertiary alicyclic amines) is 1. The molecule has 1 fully saturated rings. The van der Waals surface area contributed by atoms with Gasteiger partial charge in [-0.05, 0) is 25.8 Å². The number of esters is 1. The quantitative estimate of drug-likeness (QED) is 0.613. The third-order valence-electron chi connectivity index (χ3n) is 3.52. The molecule has 1 heterocycles. The van der Waals surface area contributed by atoms with Crippen molar-refractivity contribution in [3.8, 4) is 0 Å². The van der Waals surface area contributed by atoms with E-state index in [1.165, 1.54) is 4.90 Å². The fraction of sp³-hybridized carbons (Fsp3) is 0.471. The Morgan fingerprint density at radius 3 is 2.50 bits per heavy atom. The minimum atomic E-state index is -0.782. The molecule has 0 saturated carbocycles. The van der Waals surface area contributed by atoms with Crippen molar-refractivity contribution >= 4 is 30.3 Å². The number of rotatable bonds is 4. The number of hydrogen-bond donors (Lipinski definition) is 0. The van der Waals surface area contributed by atoms with Gasteiger partial charge in [0.1, 0.15) is 12.5 Å². The average Bonchev–Trinajstić information content (AvgIpc) is 2.52. The second kappa shape index (κ2) is 9.27. The van der Waals surface area contributed by atoms with Gasteiger partial charge in [0.15, 0.2) is 5.78 Å². The Morgan fingerprint density at radius 1 is 1.25 bits per heavy atom. The van der Waals surface area contributed by atoms with E-state index in [2.05, 4.69) is 0 Å². The van der Waals surface area contributed by atoms with Gasteiger partial charge in [0.25, 0.3) is 0 Å². The summed E-state index contributed by atoms with van der Waals surface area (Å²) in [7, 11) is 0. The lowest BCUT2D eigenvalue weighted by Gasteiger charge is -2.29. The molecule has 0 radical (unpaired) electrons. The first kappa shape index (κ1) is 20.0. The third-order valence-corrected chi connectivity index (χ3v) is 3.52. The van der Waals surface area contributed by atoms with Crippen molar-refractivity contribution in [2.75, 3.05) is 13.1 Å².